The number of esters is 4. The molecule has 105 heavy (non-hydrogen) atoms. The number of carbonyl (C=O) groups excluding carboxylic acids is 4. The topological polar surface area (TPSA) is 237 Å². The van der Waals surface area contributed by atoms with Crippen molar-refractivity contribution in [3.05, 3.63) is 0 Å². The van der Waals surface area contributed by atoms with Crippen LogP contribution in [0.2, 0.25) is 0 Å². The van der Waals surface area contributed by atoms with Gasteiger partial charge in [-0.15, -0.1) is 0 Å². The number of phosphoric acid groups is 2. The summed E-state index contributed by atoms with van der Waals surface area (Å²) in [6.07, 6.45) is 66.6. The van der Waals surface area contributed by atoms with E-state index < -0.39 is 97.5 Å². The van der Waals surface area contributed by atoms with Crippen LogP contribution in [0.25, 0.3) is 0 Å². The molecule has 17 nitrogen and oxygen atoms in total. The second kappa shape index (κ2) is 76.1. The van der Waals surface area contributed by atoms with Gasteiger partial charge >= 0.3 is 39.5 Å². The molecule has 0 aromatic heterocycles. The monoisotopic (exact) mass is 1540 g/mol. The fourth-order valence-corrected chi connectivity index (χ4v) is 14.9. The second-order valence-electron chi connectivity index (χ2n) is 31.9. The van der Waals surface area contributed by atoms with Crippen LogP contribution in [0.3, 0.4) is 0 Å². The molecule has 0 rings (SSSR count). The molecule has 624 valence electrons. The van der Waals surface area contributed by atoms with Crippen LogP contribution in [0, 0.1) is 17.8 Å². The first-order valence-electron chi connectivity index (χ1n) is 44.4. The van der Waals surface area contributed by atoms with Gasteiger partial charge in [-0.3, -0.25) is 37.3 Å². The summed E-state index contributed by atoms with van der Waals surface area (Å²) in [6.45, 7) is 12.1. The van der Waals surface area contributed by atoms with E-state index in [0.717, 1.165) is 114 Å². The lowest BCUT2D eigenvalue weighted by Gasteiger charge is -2.21. The normalized spacial score (nSPS) is 14.4. The Balaban J connectivity index is 5.19. The van der Waals surface area contributed by atoms with Gasteiger partial charge < -0.3 is 33.8 Å². The molecule has 0 aliphatic carbocycles. The summed E-state index contributed by atoms with van der Waals surface area (Å²) in [7, 11) is -9.92. The van der Waals surface area contributed by atoms with Gasteiger partial charge in [0.15, 0.2) is 12.2 Å². The number of phosphoric ester groups is 2. The minimum Gasteiger partial charge on any atom is -0.462 e. The summed E-state index contributed by atoms with van der Waals surface area (Å²) < 4.78 is 68.8. The first-order valence-corrected chi connectivity index (χ1v) is 47.4. The molecule has 0 aliphatic rings. The van der Waals surface area contributed by atoms with E-state index in [4.69, 9.17) is 37.0 Å². The lowest BCUT2D eigenvalue weighted by molar-refractivity contribution is -0.161. The van der Waals surface area contributed by atoms with E-state index in [0.29, 0.717) is 25.7 Å². The number of aliphatic hydroxyl groups is 1. The van der Waals surface area contributed by atoms with Crippen molar-refractivity contribution in [2.75, 3.05) is 39.6 Å². The second-order valence-corrected chi connectivity index (χ2v) is 34.8. The van der Waals surface area contributed by atoms with Crippen molar-refractivity contribution in [2.24, 2.45) is 17.8 Å². The van der Waals surface area contributed by atoms with Crippen LogP contribution in [0.1, 0.15) is 453 Å². The van der Waals surface area contributed by atoms with Crippen LogP contribution in [0.15, 0.2) is 0 Å². The van der Waals surface area contributed by atoms with Crippen LogP contribution in [-0.4, -0.2) is 96.7 Å². The van der Waals surface area contributed by atoms with Crippen molar-refractivity contribution in [3.63, 3.8) is 0 Å². The van der Waals surface area contributed by atoms with Crippen molar-refractivity contribution >= 4 is 39.5 Å². The van der Waals surface area contributed by atoms with E-state index in [1.807, 2.05) is 0 Å². The minimum absolute atomic E-state index is 0.107. The Labute approximate surface area is 645 Å². The highest BCUT2D eigenvalue weighted by Crippen LogP contribution is 2.45. The molecule has 0 radical (unpaired) electrons. The van der Waals surface area contributed by atoms with Gasteiger partial charge in [-0.2, -0.15) is 0 Å². The third kappa shape index (κ3) is 77.2. The fourth-order valence-electron chi connectivity index (χ4n) is 13.3. The summed E-state index contributed by atoms with van der Waals surface area (Å²) >= 11 is 0. The van der Waals surface area contributed by atoms with E-state index >= 15 is 0 Å². The van der Waals surface area contributed by atoms with E-state index in [9.17, 15) is 43.2 Å². The molecule has 0 aromatic carbocycles. The van der Waals surface area contributed by atoms with Crippen LogP contribution in [-0.2, 0) is 65.4 Å². The minimum atomic E-state index is -4.97. The molecule has 0 saturated heterocycles. The van der Waals surface area contributed by atoms with E-state index in [1.54, 1.807) is 0 Å². The number of hydrogen-bond donors (Lipinski definition) is 3. The molecule has 4 unspecified atom stereocenters. The average molecular weight is 1540 g/mol. The number of aliphatic hydroxyl groups excluding tert-OH is 1. The molecule has 0 aromatic rings. The zero-order chi connectivity index (χ0) is 77.2. The largest absolute Gasteiger partial charge is 0.472 e. The first-order chi connectivity index (χ1) is 50.8. The van der Waals surface area contributed by atoms with Gasteiger partial charge in [0.2, 0.25) is 0 Å². The SMILES string of the molecule is CCCCCCCCCCC(=O)OC[C@H](COP(=O)(O)OC[C@H](O)COP(=O)(O)OC[C@@H](COC(=O)CCCCCCCCCCCCCCCCC(C)CC)OC(=O)CCCCCCCCCCCCCCCCCCCCC(C)CC)OC(=O)CCCCCCCCCCCCCCCCC(C)C. The van der Waals surface area contributed by atoms with Gasteiger partial charge in [-0.25, -0.2) is 9.13 Å². The Morgan fingerprint density at radius 1 is 0.276 bits per heavy atom. The van der Waals surface area contributed by atoms with E-state index in [1.165, 1.54) is 257 Å². The third-order valence-electron chi connectivity index (χ3n) is 20.9. The molecule has 0 fully saturated rings. The molecule has 7 atom stereocenters. The van der Waals surface area contributed by atoms with Crippen molar-refractivity contribution in [1.29, 1.82) is 0 Å². The zero-order valence-electron chi connectivity index (χ0n) is 69.2. The number of unbranched alkanes of at least 4 members (excludes halogenated alkanes) is 50. The summed E-state index contributed by atoms with van der Waals surface area (Å²) in [4.78, 5) is 73.1. The molecule has 0 aliphatic heterocycles. The van der Waals surface area contributed by atoms with Gasteiger partial charge in [-0.05, 0) is 43.4 Å². The van der Waals surface area contributed by atoms with E-state index in [-0.39, 0.29) is 25.7 Å². The Hall–Kier alpha value is -1.94. The number of ether oxygens (including phenoxy) is 4. The summed E-state index contributed by atoms with van der Waals surface area (Å²) in [5, 5.41) is 10.7. The van der Waals surface area contributed by atoms with Crippen molar-refractivity contribution in [3.8, 4) is 0 Å². The first kappa shape index (κ1) is 103. The predicted molar refractivity (Wildman–Crippen MR) is 432 cm³/mol. The Kier molecular flexibility index (Phi) is 74.7. The van der Waals surface area contributed by atoms with Crippen molar-refractivity contribution in [2.45, 2.75) is 471 Å². The zero-order valence-corrected chi connectivity index (χ0v) is 71.0. The van der Waals surface area contributed by atoms with Gasteiger partial charge in [0.05, 0.1) is 26.4 Å². The smallest absolute Gasteiger partial charge is 0.462 e. The molecular weight excluding hydrogens is 1370 g/mol. The van der Waals surface area contributed by atoms with Gasteiger partial charge in [0.25, 0.3) is 0 Å². The Morgan fingerprint density at radius 3 is 0.724 bits per heavy atom. The molecule has 0 heterocycles. The van der Waals surface area contributed by atoms with E-state index in [2.05, 4.69) is 48.5 Å². The number of carbonyl (C=O) groups is 4. The van der Waals surface area contributed by atoms with Crippen molar-refractivity contribution in [1.82, 2.24) is 0 Å². The molecule has 0 saturated carbocycles. The van der Waals surface area contributed by atoms with Crippen molar-refractivity contribution < 1.29 is 80.2 Å². The van der Waals surface area contributed by atoms with Gasteiger partial charge in [-0.1, -0.05) is 402 Å². The van der Waals surface area contributed by atoms with Crippen LogP contribution < -0.4 is 0 Å². The van der Waals surface area contributed by atoms with Gasteiger partial charge in [0, 0.05) is 25.7 Å². The number of rotatable bonds is 84. The molecule has 0 bridgehead atoms. The maximum absolute atomic E-state index is 13.1. The lowest BCUT2D eigenvalue weighted by atomic mass is 9.99. The molecule has 0 spiro atoms. The maximum atomic E-state index is 13.1. The average Bonchev–Trinajstić information content (AvgIpc) is 0.906. The molecular formula is C86H168O17P2. The van der Waals surface area contributed by atoms with Crippen LogP contribution in [0.5, 0.6) is 0 Å². The fraction of sp³-hybridized carbons (Fsp3) is 0.953. The highest BCUT2D eigenvalue weighted by molar-refractivity contribution is 7.47. The molecule has 0 amide bonds. The standard InChI is InChI=1S/C86H168O17P2/c1-8-11-12-13-14-46-53-60-67-83(88)96-73-81(102-85(90)70-63-56-49-42-36-30-23-21-25-31-37-43-50-57-64-77(4)5)75-100-104(92,93)98-71-80(87)72-99-105(94,95)101-76-82(74-97-84(89)68-61-54-47-40-34-28-24-22-27-33-39-45-52-59-66-79(7)10-3)103-86(91)69-62-55-48-41-35-29-20-18-16-15-17-19-26-32-38-44-51-58-65-78(6)9-2/h77-82,87H,8-76H2,1-7H3,(H,92,93)(H,94,95)/t78?,79?,80-,81+,82+/m0/s1. The molecule has 3 N–H and O–H groups in total. The lowest BCUT2D eigenvalue weighted by Crippen LogP contribution is -2.30. The highest BCUT2D eigenvalue weighted by Gasteiger charge is 2.30. The summed E-state index contributed by atoms with van der Waals surface area (Å²) in [6, 6.07) is 0. The summed E-state index contributed by atoms with van der Waals surface area (Å²) in [5.41, 5.74) is 0. The number of hydrogen-bond acceptors (Lipinski definition) is 15. The Bertz CT molecular complexity index is 2030. The predicted octanol–water partition coefficient (Wildman–Crippen LogP) is 26.1. The molecule has 19 heteroatoms. The van der Waals surface area contributed by atoms with Crippen LogP contribution in [0.4, 0.5) is 0 Å². The van der Waals surface area contributed by atoms with Gasteiger partial charge in [0.1, 0.15) is 19.3 Å². The van der Waals surface area contributed by atoms with Crippen LogP contribution >= 0.6 is 15.6 Å². The summed E-state index contributed by atoms with van der Waals surface area (Å²) in [5.74, 6) is 0.409. The third-order valence-corrected chi connectivity index (χ3v) is 22.8. The maximum Gasteiger partial charge on any atom is 0.472 e. The quantitative estimate of drug-likeness (QED) is 0.0222. The highest BCUT2D eigenvalue weighted by atomic mass is 31.2. The Morgan fingerprint density at radius 2 is 0.486 bits per heavy atom.